The van der Waals surface area contributed by atoms with Crippen LogP contribution in [-0.2, 0) is 0 Å². The highest BCUT2D eigenvalue weighted by Crippen LogP contribution is 2.40. The second kappa shape index (κ2) is 6.47. The van der Waals surface area contributed by atoms with Gasteiger partial charge in [-0.1, -0.05) is 6.92 Å². The van der Waals surface area contributed by atoms with Crippen molar-refractivity contribution < 1.29 is 0 Å². The SMILES string of the molecule is CCSC1CCC(n2c(C(C)Cl)nc3cc(Br)cnc32)C1. The van der Waals surface area contributed by atoms with Gasteiger partial charge in [-0.15, -0.1) is 11.6 Å². The van der Waals surface area contributed by atoms with Crippen molar-refractivity contribution in [2.75, 3.05) is 5.75 Å². The zero-order valence-corrected chi connectivity index (χ0v) is 15.4. The van der Waals surface area contributed by atoms with E-state index >= 15 is 0 Å². The summed E-state index contributed by atoms with van der Waals surface area (Å²) in [6.07, 6.45) is 5.50. The molecule has 2 heterocycles. The summed E-state index contributed by atoms with van der Waals surface area (Å²) in [5.74, 6) is 2.14. The maximum Gasteiger partial charge on any atom is 0.160 e. The first-order valence-corrected chi connectivity index (χ1v) is 9.67. The standard InChI is InChI=1S/C15H19BrClN3S/c1-3-21-12-5-4-11(7-12)20-14(9(2)17)19-13-6-10(16)8-18-15(13)20/h6,8-9,11-12H,3-5,7H2,1-2H3. The minimum absolute atomic E-state index is 0.101. The van der Waals surface area contributed by atoms with Crippen molar-refractivity contribution >= 4 is 50.5 Å². The van der Waals surface area contributed by atoms with Gasteiger partial charge in [-0.3, -0.25) is 0 Å². The second-order valence-corrected chi connectivity index (χ2v) is 8.64. The smallest absolute Gasteiger partial charge is 0.160 e. The van der Waals surface area contributed by atoms with Gasteiger partial charge in [0.2, 0.25) is 0 Å². The van der Waals surface area contributed by atoms with Gasteiger partial charge in [0, 0.05) is 22.0 Å². The van der Waals surface area contributed by atoms with E-state index in [1.807, 2.05) is 19.2 Å². The summed E-state index contributed by atoms with van der Waals surface area (Å²) < 4.78 is 3.25. The molecule has 1 fully saturated rings. The Morgan fingerprint density at radius 3 is 3.05 bits per heavy atom. The third kappa shape index (κ3) is 3.10. The number of fused-ring (bicyclic) bond motifs is 1. The molecule has 1 saturated carbocycles. The molecule has 3 atom stereocenters. The average molecular weight is 389 g/mol. The van der Waals surface area contributed by atoms with Crippen LogP contribution < -0.4 is 0 Å². The van der Waals surface area contributed by atoms with Crippen LogP contribution in [0.4, 0.5) is 0 Å². The first kappa shape index (κ1) is 15.6. The van der Waals surface area contributed by atoms with Gasteiger partial charge in [-0.25, -0.2) is 9.97 Å². The Labute approximate surface area is 143 Å². The highest BCUT2D eigenvalue weighted by atomic mass is 79.9. The molecular weight excluding hydrogens is 370 g/mol. The molecule has 3 rings (SSSR count). The van der Waals surface area contributed by atoms with Crippen LogP contribution >= 0.6 is 39.3 Å². The van der Waals surface area contributed by atoms with Gasteiger partial charge in [0.1, 0.15) is 11.3 Å². The largest absolute Gasteiger partial charge is 0.308 e. The van der Waals surface area contributed by atoms with Gasteiger partial charge < -0.3 is 4.57 Å². The van der Waals surface area contributed by atoms with Gasteiger partial charge in [-0.05, 0) is 53.9 Å². The third-order valence-electron chi connectivity index (χ3n) is 4.00. The predicted octanol–water partition coefficient (Wildman–Crippen LogP) is 5.34. The number of imidazole rings is 1. The zero-order chi connectivity index (χ0) is 15.0. The molecule has 0 saturated heterocycles. The van der Waals surface area contributed by atoms with Crippen molar-refractivity contribution in [2.45, 2.75) is 49.8 Å². The quantitative estimate of drug-likeness (QED) is 0.662. The summed E-state index contributed by atoms with van der Waals surface area (Å²) >= 11 is 11.9. The van der Waals surface area contributed by atoms with Gasteiger partial charge in [0.25, 0.3) is 0 Å². The predicted molar refractivity (Wildman–Crippen MR) is 94.3 cm³/mol. The zero-order valence-electron chi connectivity index (χ0n) is 12.2. The molecule has 3 unspecified atom stereocenters. The first-order chi connectivity index (χ1) is 10.1. The van der Waals surface area contributed by atoms with Crippen molar-refractivity contribution in [3.8, 4) is 0 Å². The fraction of sp³-hybridized carbons (Fsp3) is 0.600. The topological polar surface area (TPSA) is 30.7 Å². The lowest BCUT2D eigenvalue weighted by Gasteiger charge is -2.17. The van der Waals surface area contributed by atoms with Crippen molar-refractivity contribution in [3.63, 3.8) is 0 Å². The number of thioether (sulfide) groups is 1. The molecule has 0 bridgehead atoms. The maximum absolute atomic E-state index is 6.37. The third-order valence-corrected chi connectivity index (χ3v) is 5.87. The number of hydrogen-bond donors (Lipinski definition) is 0. The second-order valence-electron chi connectivity index (χ2n) is 5.50. The van der Waals surface area contributed by atoms with Crippen LogP contribution in [0, 0.1) is 0 Å². The van der Waals surface area contributed by atoms with E-state index in [9.17, 15) is 0 Å². The average Bonchev–Trinajstić information content (AvgIpc) is 3.02. The molecule has 2 aromatic rings. The molecule has 21 heavy (non-hydrogen) atoms. The van der Waals surface area contributed by atoms with Crippen molar-refractivity contribution in [2.24, 2.45) is 0 Å². The van der Waals surface area contributed by atoms with E-state index in [4.69, 9.17) is 16.6 Å². The maximum atomic E-state index is 6.37. The van der Waals surface area contributed by atoms with E-state index in [-0.39, 0.29) is 5.38 Å². The lowest BCUT2D eigenvalue weighted by atomic mass is 10.2. The van der Waals surface area contributed by atoms with E-state index in [0.717, 1.165) is 26.7 Å². The molecule has 0 N–H and O–H groups in total. The molecule has 0 amide bonds. The van der Waals surface area contributed by atoms with Gasteiger partial charge in [-0.2, -0.15) is 11.8 Å². The van der Waals surface area contributed by atoms with Crippen LogP contribution in [0.1, 0.15) is 50.4 Å². The molecular formula is C15H19BrClN3S. The Balaban J connectivity index is 2.02. The van der Waals surface area contributed by atoms with Crippen molar-refractivity contribution in [3.05, 3.63) is 22.6 Å². The number of rotatable bonds is 4. The Morgan fingerprint density at radius 1 is 1.52 bits per heavy atom. The molecule has 0 radical (unpaired) electrons. The number of halogens is 2. The molecule has 2 aromatic heterocycles. The Hall–Kier alpha value is -0.260. The van der Waals surface area contributed by atoms with E-state index < -0.39 is 0 Å². The van der Waals surface area contributed by atoms with Crippen LogP contribution in [0.5, 0.6) is 0 Å². The van der Waals surface area contributed by atoms with Crippen molar-refractivity contribution in [1.82, 2.24) is 14.5 Å². The van der Waals surface area contributed by atoms with Crippen molar-refractivity contribution in [1.29, 1.82) is 0 Å². The molecule has 3 nitrogen and oxygen atoms in total. The Bertz CT molecular complexity index is 643. The lowest BCUT2D eigenvalue weighted by molar-refractivity contribution is 0.508. The Kier molecular flexibility index (Phi) is 4.81. The molecule has 114 valence electrons. The van der Waals surface area contributed by atoms with Gasteiger partial charge >= 0.3 is 0 Å². The lowest BCUT2D eigenvalue weighted by Crippen LogP contribution is -2.11. The first-order valence-electron chi connectivity index (χ1n) is 7.39. The van der Waals surface area contributed by atoms with E-state index in [1.165, 1.54) is 25.0 Å². The number of nitrogens with zero attached hydrogens (tertiary/aromatic N) is 3. The van der Waals surface area contributed by atoms with Crippen LogP contribution in [0.25, 0.3) is 11.2 Å². The van der Waals surface area contributed by atoms with Crippen LogP contribution in [-0.4, -0.2) is 25.5 Å². The summed E-state index contributed by atoms with van der Waals surface area (Å²) in [7, 11) is 0. The summed E-state index contributed by atoms with van der Waals surface area (Å²) in [4.78, 5) is 9.31. The van der Waals surface area contributed by atoms with E-state index in [0.29, 0.717) is 6.04 Å². The number of hydrogen-bond acceptors (Lipinski definition) is 3. The van der Waals surface area contributed by atoms with Crippen LogP contribution in [0.3, 0.4) is 0 Å². The molecule has 0 aromatic carbocycles. The molecule has 1 aliphatic rings. The molecule has 6 heteroatoms. The monoisotopic (exact) mass is 387 g/mol. The van der Waals surface area contributed by atoms with Gasteiger partial charge in [0.15, 0.2) is 5.65 Å². The highest BCUT2D eigenvalue weighted by molar-refractivity contribution is 9.10. The number of pyridine rings is 1. The molecule has 1 aliphatic carbocycles. The summed E-state index contributed by atoms with van der Waals surface area (Å²) in [6.45, 7) is 4.22. The Morgan fingerprint density at radius 2 is 2.33 bits per heavy atom. The molecule has 0 aliphatic heterocycles. The normalized spacial score (nSPS) is 23.8. The van der Waals surface area contributed by atoms with Gasteiger partial charge in [0.05, 0.1) is 5.38 Å². The van der Waals surface area contributed by atoms with E-state index in [2.05, 4.69) is 44.2 Å². The molecule has 0 spiro atoms. The van der Waals surface area contributed by atoms with Crippen LogP contribution in [0.15, 0.2) is 16.7 Å². The highest BCUT2D eigenvalue weighted by Gasteiger charge is 2.30. The summed E-state index contributed by atoms with van der Waals surface area (Å²) in [6, 6.07) is 2.50. The fourth-order valence-corrected chi connectivity index (χ4v) is 4.76. The summed E-state index contributed by atoms with van der Waals surface area (Å²) in [5.41, 5.74) is 1.89. The van der Waals surface area contributed by atoms with Crippen LogP contribution in [0.2, 0.25) is 0 Å². The minimum atomic E-state index is -0.101. The number of aromatic nitrogens is 3. The van der Waals surface area contributed by atoms with E-state index in [1.54, 1.807) is 0 Å². The number of alkyl halides is 1. The fourth-order valence-electron chi connectivity index (χ4n) is 3.15. The minimum Gasteiger partial charge on any atom is -0.308 e. The summed E-state index contributed by atoms with van der Waals surface area (Å²) in [5, 5.41) is 0.655.